The van der Waals surface area contributed by atoms with Gasteiger partial charge in [0.25, 0.3) is 11.8 Å². The van der Waals surface area contributed by atoms with Crippen molar-refractivity contribution in [1.82, 2.24) is 15.6 Å². The third kappa shape index (κ3) is 4.59. The van der Waals surface area contributed by atoms with Crippen molar-refractivity contribution in [3.63, 3.8) is 0 Å². The molecule has 0 bridgehead atoms. The normalized spacial score (nSPS) is 14.4. The Labute approximate surface area is 188 Å². The second kappa shape index (κ2) is 8.47. The third-order valence-electron chi connectivity index (χ3n) is 5.32. The molecule has 2 heterocycles. The molecule has 1 unspecified atom stereocenters. The molecule has 0 saturated heterocycles. The first-order valence-corrected chi connectivity index (χ1v) is 9.86. The number of alkyl halides is 6. The minimum atomic E-state index is -4.82. The first-order valence-electron chi connectivity index (χ1n) is 9.86. The van der Waals surface area contributed by atoms with E-state index in [9.17, 15) is 35.9 Å². The molecule has 0 spiro atoms. The predicted octanol–water partition coefficient (Wildman–Crippen LogP) is 4.88. The number of halogens is 6. The molecule has 2 amide bonds. The molecule has 5 nitrogen and oxygen atoms in total. The summed E-state index contributed by atoms with van der Waals surface area (Å²) in [6.07, 6.45) is -8.37. The van der Waals surface area contributed by atoms with Crippen molar-refractivity contribution in [2.24, 2.45) is 0 Å². The standard InChI is InChI=1S/C23H15F6N3O2/c24-22(25,26)15-6-3-12(4-7-15)18(19-17(23(27,28)29)2-1-9-30-19)32-20(33)13-5-8-16-14(10-13)11-31-21(16)34/h1-10,18H,11H2,(H,31,34)(H,32,33). The summed E-state index contributed by atoms with van der Waals surface area (Å²) in [5.74, 6) is -1.10. The average Bonchev–Trinajstić information content (AvgIpc) is 3.16. The number of amides is 2. The lowest BCUT2D eigenvalue weighted by atomic mass is 9.97. The molecule has 176 valence electrons. The Morgan fingerprint density at radius 1 is 0.971 bits per heavy atom. The summed E-state index contributed by atoms with van der Waals surface area (Å²) in [5.41, 5.74) is -1.74. The minimum absolute atomic E-state index is 0.0245. The largest absolute Gasteiger partial charge is 0.418 e. The second-order valence-electron chi connectivity index (χ2n) is 7.51. The van der Waals surface area contributed by atoms with Gasteiger partial charge in [-0.05, 0) is 53.6 Å². The first kappa shape index (κ1) is 23.3. The van der Waals surface area contributed by atoms with Crippen LogP contribution in [0.1, 0.15) is 54.7 Å². The Bertz CT molecular complexity index is 1250. The van der Waals surface area contributed by atoms with Gasteiger partial charge in [-0.15, -0.1) is 0 Å². The van der Waals surface area contributed by atoms with Crippen LogP contribution >= 0.6 is 0 Å². The molecule has 1 aliphatic rings. The highest BCUT2D eigenvalue weighted by Gasteiger charge is 2.37. The summed E-state index contributed by atoms with van der Waals surface area (Å²) in [4.78, 5) is 28.5. The van der Waals surface area contributed by atoms with E-state index in [1.807, 2.05) is 0 Å². The number of hydrogen-bond acceptors (Lipinski definition) is 3. The summed E-state index contributed by atoms with van der Waals surface area (Å²) >= 11 is 0. The van der Waals surface area contributed by atoms with Gasteiger partial charge in [-0.1, -0.05) is 12.1 Å². The van der Waals surface area contributed by atoms with Crippen molar-refractivity contribution >= 4 is 11.8 Å². The van der Waals surface area contributed by atoms with E-state index in [2.05, 4.69) is 15.6 Å². The van der Waals surface area contributed by atoms with Crippen LogP contribution in [0.5, 0.6) is 0 Å². The van der Waals surface area contributed by atoms with Crippen LogP contribution in [-0.2, 0) is 18.9 Å². The van der Waals surface area contributed by atoms with Crippen LogP contribution in [0.15, 0.2) is 60.8 Å². The average molecular weight is 479 g/mol. The van der Waals surface area contributed by atoms with Crippen LogP contribution in [0.25, 0.3) is 0 Å². The molecule has 0 aliphatic carbocycles. The van der Waals surface area contributed by atoms with Crippen LogP contribution in [0.4, 0.5) is 26.3 Å². The van der Waals surface area contributed by atoms with E-state index in [1.165, 1.54) is 18.2 Å². The van der Waals surface area contributed by atoms with Crippen molar-refractivity contribution in [3.05, 3.63) is 99.9 Å². The molecule has 0 radical (unpaired) electrons. The Morgan fingerprint density at radius 3 is 2.32 bits per heavy atom. The van der Waals surface area contributed by atoms with Gasteiger partial charge in [-0.2, -0.15) is 26.3 Å². The Hall–Kier alpha value is -3.89. The van der Waals surface area contributed by atoms with Crippen molar-refractivity contribution in [1.29, 1.82) is 0 Å². The van der Waals surface area contributed by atoms with E-state index in [0.29, 0.717) is 11.1 Å². The van der Waals surface area contributed by atoms with Gasteiger partial charge in [0, 0.05) is 23.9 Å². The van der Waals surface area contributed by atoms with E-state index < -0.39 is 41.1 Å². The van der Waals surface area contributed by atoms with Crippen LogP contribution in [0.2, 0.25) is 0 Å². The van der Waals surface area contributed by atoms with Gasteiger partial charge in [0.15, 0.2) is 0 Å². The van der Waals surface area contributed by atoms with Gasteiger partial charge in [0.05, 0.1) is 22.9 Å². The highest BCUT2D eigenvalue weighted by molar-refractivity contribution is 6.01. The number of pyridine rings is 1. The first-order chi connectivity index (χ1) is 15.9. The summed E-state index contributed by atoms with van der Waals surface area (Å²) < 4.78 is 79.9. The highest BCUT2D eigenvalue weighted by atomic mass is 19.4. The fourth-order valence-electron chi connectivity index (χ4n) is 3.65. The molecular weight excluding hydrogens is 464 g/mol. The maximum Gasteiger partial charge on any atom is 0.418 e. The molecule has 3 aromatic rings. The van der Waals surface area contributed by atoms with E-state index in [-0.39, 0.29) is 23.6 Å². The number of fused-ring (bicyclic) bond motifs is 1. The minimum Gasteiger partial charge on any atom is -0.348 e. The molecule has 2 N–H and O–H groups in total. The van der Waals surface area contributed by atoms with Crippen LogP contribution in [0.3, 0.4) is 0 Å². The fourth-order valence-corrected chi connectivity index (χ4v) is 3.65. The quantitative estimate of drug-likeness (QED) is 0.524. The zero-order valence-corrected chi connectivity index (χ0v) is 17.1. The third-order valence-corrected chi connectivity index (χ3v) is 5.32. The number of nitrogens with one attached hydrogen (secondary N) is 2. The van der Waals surface area contributed by atoms with E-state index in [0.717, 1.165) is 42.6 Å². The summed E-state index contributed by atoms with van der Waals surface area (Å²) in [6.45, 7) is 0.191. The van der Waals surface area contributed by atoms with E-state index in [4.69, 9.17) is 0 Å². The Kier molecular flexibility index (Phi) is 5.80. The molecule has 1 aliphatic heterocycles. The summed E-state index contributed by atoms with van der Waals surface area (Å²) in [7, 11) is 0. The van der Waals surface area contributed by atoms with Crippen LogP contribution in [-0.4, -0.2) is 16.8 Å². The molecular formula is C23H15F6N3O2. The van der Waals surface area contributed by atoms with Gasteiger partial charge in [0.2, 0.25) is 0 Å². The zero-order chi connectivity index (χ0) is 24.7. The zero-order valence-electron chi connectivity index (χ0n) is 17.1. The van der Waals surface area contributed by atoms with Crippen molar-refractivity contribution in [2.75, 3.05) is 0 Å². The van der Waals surface area contributed by atoms with Gasteiger partial charge >= 0.3 is 12.4 Å². The number of aromatic nitrogens is 1. The van der Waals surface area contributed by atoms with Crippen molar-refractivity contribution in [2.45, 2.75) is 24.9 Å². The molecule has 1 atom stereocenters. The maximum absolute atomic E-state index is 13.7. The van der Waals surface area contributed by atoms with Crippen molar-refractivity contribution in [3.8, 4) is 0 Å². The Balaban J connectivity index is 1.75. The SMILES string of the molecule is O=C(NC(c1ccc(C(F)(F)F)cc1)c1ncccc1C(F)(F)F)c1ccc2c(c1)CNC2=O. The Morgan fingerprint density at radius 2 is 1.68 bits per heavy atom. The molecule has 0 fully saturated rings. The number of nitrogens with zero attached hydrogens (tertiary/aromatic N) is 1. The maximum atomic E-state index is 13.7. The summed E-state index contributed by atoms with van der Waals surface area (Å²) in [6, 6.07) is 7.96. The van der Waals surface area contributed by atoms with Gasteiger partial charge in [0.1, 0.15) is 0 Å². The fraction of sp³-hybridized carbons (Fsp3) is 0.174. The smallest absolute Gasteiger partial charge is 0.348 e. The molecule has 1 aromatic heterocycles. The number of carbonyl (C=O) groups is 2. The number of carbonyl (C=O) groups excluding carboxylic acids is 2. The predicted molar refractivity (Wildman–Crippen MR) is 108 cm³/mol. The molecule has 0 saturated carbocycles. The second-order valence-corrected chi connectivity index (χ2v) is 7.51. The van der Waals surface area contributed by atoms with Gasteiger partial charge < -0.3 is 10.6 Å². The molecule has 11 heteroatoms. The van der Waals surface area contributed by atoms with Gasteiger partial charge in [-0.3, -0.25) is 14.6 Å². The van der Waals surface area contributed by atoms with Crippen molar-refractivity contribution < 1.29 is 35.9 Å². The number of benzene rings is 2. The van der Waals surface area contributed by atoms with Crippen LogP contribution < -0.4 is 10.6 Å². The summed E-state index contributed by atoms with van der Waals surface area (Å²) in [5, 5.41) is 5.04. The topological polar surface area (TPSA) is 71.1 Å². The number of rotatable bonds is 4. The number of hydrogen-bond donors (Lipinski definition) is 2. The lowest BCUT2D eigenvalue weighted by Gasteiger charge is -2.23. The molecule has 34 heavy (non-hydrogen) atoms. The van der Waals surface area contributed by atoms with E-state index in [1.54, 1.807) is 0 Å². The monoisotopic (exact) mass is 479 g/mol. The highest BCUT2D eigenvalue weighted by Crippen LogP contribution is 2.36. The van der Waals surface area contributed by atoms with E-state index >= 15 is 0 Å². The van der Waals surface area contributed by atoms with Gasteiger partial charge in [-0.25, -0.2) is 0 Å². The van der Waals surface area contributed by atoms with Crippen LogP contribution in [0, 0.1) is 0 Å². The lowest BCUT2D eigenvalue weighted by Crippen LogP contribution is -2.31. The molecule has 2 aromatic carbocycles. The molecule has 4 rings (SSSR count). The lowest BCUT2D eigenvalue weighted by molar-refractivity contribution is -0.139.